The Labute approximate surface area is 110 Å². The van der Waals surface area contributed by atoms with Gasteiger partial charge < -0.3 is 9.47 Å². The van der Waals surface area contributed by atoms with Crippen molar-refractivity contribution in [2.45, 2.75) is 13.0 Å². The Morgan fingerprint density at radius 2 is 1.74 bits per heavy atom. The highest BCUT2D eigenvalue weighted by atomic mass is 16.6. The van der Waals surface area contributed by atoms with Crippen molar-refractivity contribution in [3.05, 3.63) is 48.0 Å². The van der Waals surface area contributed by atoms with Crippen molar-refractivity contribution in [3.8, 4) is 0 Å². The van der Waals surface area contributed by atoms with Crippen LogP contribution in [-0.4, -0.2) is 25.2 Å². The fraction of sp³-hybridized carbons (Fsp3) is 0.200. The molecule has 2 rings (SSSR count). The Morgan fingerprint density at radius 3 is 2.47 bits per heavy atom. The number of carbonyl (C=O) groups excluding carboxylic acids is 2. The molecule has 98 valence electrons. The minimum Gasteiger partial charge on any atom is -0.466 e. The molecule has 0 N–H and O–H groups in total. The zero-order valence-electron chi connectivity index (χ0n) is 10.8. The molecule has 4 nitrogen and oxygen atoms in total. The van der Waals surface area contributed by atoms with Crippen LogP contribution in [0, 0.1) is 0 Å². The van der Waals surface area contributed by atoms with Crippen LogP contribution in [0.1, 0.15) is 17.3 Å². The van der Waals surface area contributed by atoms with Gasteiger partial charge in [-0.1, -0.05) is 36.4 Å². The molecule has 0 fully saturated rings. The number of carbonyl (C=O) groups is 2. The van der Waals surface area contributed by atoms with E-state index in [-0.39, 0.29) is 0 Å². The second-order valence-electron chi connectivity index (χ2n) is 4.10. The standard InChI is InChI=1S/C15H14O4/c1-10(14(16)18-2)19-15(17)13-9-5-7-11-6-3-4-8-12(11)13/h3-10H,1-2H3/t10-/m0/s1. The van der Waals surface area contributed by atoms with Crippen LogP contribution < -0.4 is 0 Å². The van der Waals surface area contributed by atoms with Gasteiger partial charge >= 0.3 is 11.9 Å². The molecule has 0 aliphatic heterocycles. The summed E-state index contributed by atoms with van der Waals surface area (Å²) < 4.78 is 9.60. The van der Waals surface area contributed by atoms with E-state index in [1.807, 2.05) is 30.3 Å². The summed E-state index contributed by atoms with van der Waals surface area (Å²) in [5, 5.41) is 1.75. The molecule has 2 aromatic carbocycles. The van der Waals surface area contributed by atoms with E-state index in [0.717, 1.165) is 10.8 Å². The first-order valence-corrected chi connectivity index (χ1v) is 5.90. The van der Waals surface area contributed by atoms with E-state index in [4.69, 9.17) is 4.74 Å². The molecule has 0 saturated heterocycles. The zero-order chi connectivity index (χ0) is 13.8. The van der Waals surface area contributed by atoms with Crippen molar-refractivity contribution in [2.75, 3.05) is 7.11 Å². The van der Waals surface area contributed by atoms with Gasteiger partial charge in [0.15, 0.2) is 6.10 Å². The molecule has 19 heavy (non-hydrogen) atoms. The number of ether oxygens (including phenoxy) is 2. The molecule has 0 radical (unpaired) electrons. The number of hydrogen-bond acceptors (Lipinski definition) is 4. The average molecular weight is 258 g/mol. The van der Waals surface area contributed by atoms with E-state index >= 15 is 0 Å². The lowest BCUT2D eigenvalue weighted by Gasteiger charge is -2.12. The first-order chi connectivity index (χ1) is 9.13. The topological polar surface area (TPSA) is 52.6 Å². The predicted molar refractivity (Wildman–Crippen MR) is 70.8 cm³/mol. The summed E-state index contributed by atoms with van der Waals surface area (Å²) in [5.41, 5.74) is 0.439. The highest BCUT2D eigenvalue weighted by Crippen LogP contribution is 2.19. The lowest BCUT2D eigenvalue weighted by Crippen LogP contribution is -2.25. The van der Waals surface area contributed by atoms with Gasteiger partial charge in [0.25, 0.3) is 0 Å². The highest BCUT2D eigenvalue weighted by molar-refractivity contribution is 6.04. The second-order valence-corrected chi connectivity index (χ2v) is 4.10. The zero-order valence-corrected chi connectivity index (χ0v) is 10.8. The van der Waals surface area contributed by atoms with Crippen LogP contribution in [0.5, 0.6) is 0 Å². The van der Waals surface area contributed by atoms with Gasteiger partial charge in [0, 0.05) is 0 Å². The van der Waals surface area contributed by atoms with Gasteiger partial charge in [-0.15, -0.1) is 0 Å². The van der Waals surface area contributed by atoms with Gasteiger partial charge in [-0.2, -0.15) is 0 Å². The fourth-order valence-electron chi connectivity index (χ4n) is 1.84. The van der Waals surface area contributed by atoms with Crippen molar-refractivity contribution in [1.82, 2.24) is 0 Å². The van der Waals surface area contributed by atoms with E-state index in [1.165, 1.54) is 14.0 Å². The van der Waals surface area contributed by atoms with Crippen molar-refractivity contribution < 1.29 is 19.1 Å². The van der Waals surface area contributed by atoms with Crippen LogP contribution in [-0.2, 0) is 14.3 Å². The predicted octanol–water partition coefficient (Wildman–Crippen LogP) is 2.56. The van der Waals surface area contributed by atoms with Crippen LogP contribution in [0.2, 0.25) is 0 Å². The largest absolute Gasteiger partial charge is 0.466 e. The van der Waals surface area contributed by atoms with Crippen LogP contribution >= 0.6 is 0 Å². The monoisotopic (exact) mass is 258 g/mol. The summed E-state index contributed by atoms with van der Waals surface area (Å²) in [6.07, 6.45) is -0.920. The Bertz CT molecular complexity index is 613. The third-order valence-corrected chi connectivity index (χ3v) is 2.83. The summed E-state index contributed by atoms with van der Waals surface area (Å²) in [6, 6.07) is 12.9. The molecule has 1 atom stereocenters. The summed E-state index contributed by atoms with van der Waals surface area (Å²) in [4.78, 5) is 23.3. The molecule has 0 heterocycles. The maximum absolute atomic E-state index is 12.1. The quantitative estimate of drug-likeness (QED) is 0.794. The minimum absolute atomic E-state index is 0.439. The maximum Gasteiger partial charge on any atom is 0.346 e. The molecule has 2 aromatic rings. The normalized spacial score (nSPS) is 11.9. The number of methoxy groups -OCH3 is 1. The van der Waals surface area contributed by atoms with E-state index in [2.05, 4.69) is 4.74 Å². The molecule has 0 aliphatic carbocycles. The van der Waals surface area contributed by atoms with Gasteiger partial charge in [0.05, 0.1) is 12.7 Å². The van der Waals surface area contributed by atoms with E-state index < -0.39 is 18.0 Å². The Morgan fingerprint density at radius 1 is 1.05 bits per heavy atom. The van der Waals surface area contributed by atoms with Crippen LogP contribution in [0.3, 0.4) is 0 Å². The lowest BCUT2D eigenvalue weighted by atomic mass is 10.0. The SMILES string of the molecule is COC(=O)[C@H](C)OC(=O)c1cccc2ccccc12. The first-order valence-electron chi connectivity index (χ1n) is 5.90. The molecule has 0 spiro atoms. The van der Waals surface area contributed by atoms with Crippen LogP contribution in [0.15, 0.2) is 42.5 Å². The van der Waals surface area contributed by atoms with Crippen LogP contribution in [0.25, 0.3) is 10.8 Å². The van der Waals surface area contributed by atoms with Crippen molar-refractivity contribution in [1.29, 1.82) is 0 Å². The minimum atomic E-state index is -0.920. The molecular formula is C15H14O4. The fourth-order valence-corrected chi connectivity index (χ4v) is 1.84. The van der Waals surface area contributed by atoms with Crippen molar-refractivity contribution >= 4 is 22.7 Å². The molecular weight excluding hydrogens is 244 g/mol. The van der Waals surface area contributed by atoms with E-state index in [9.17, 15) is 9.59 Å². The molecule has 0 saturated carbocycles. The highest BCUT2D eigenvalue weighted by Gasteiger charge is 2.20. The van der Waals surface area contributed by atoms with Gasteiger partial charge in [-0.3, -0.25) is 0 Å². The van der Waals surface area contributed by atoms with Gasteiger partial charge in [0.2, 0.25) is 0 Å². The van der Waals surface area contributed by atoms with Gasteiger partial charge in [0.1, 0.15) is 0 Å². The molecule has 4 heteroatoms. The van der Waals surface area contributed by atoms with E-state index in [1.54, 1.807) is 12.1 Å². The second kappa shape index (κ2) is 5.52. The third kappa shape index (κ3) is 2.73. The smallest absolute Gasteiger partial charge is 0.346 e. The molecule has 0 bridgehead atoms. The molecule has 0 amide bonds. The van der Waals surface area contributed by atoms with Crippen molar-refractivity contribution in [2.24, 2.45) is 0 Å². The van der Waals surface area contributed by atoms with Crippen molar-refractivity contribution in [3.63, 3.8) is 0 Å². The molecule has 0 unspecified atom stereocenters. The molecule has 0 aromatic heterocycles. The Hall–Kier alpha value is -2.36. The number of fused-ring (bicyclic) bond motifs is 1. The summed E-state index contributed by atoms with van der Waals surface area (Å²) in [7, 11) is 1.25. The van der Waals surface area contributed by atoms with E-state index in [0.29, 0.717) is 5.56 Å². The third-order valence-electron chi connectivity index (χ3n) is 2.83. The Balaban J connectivity index is 2.29. The average Bonchev–Trinajstić information content (AvgIpc) is 2.45. The van der Waals surface area contributed by atoms with Gasteiger partial charge in [-0.25, -0.2) is 9.59 Å². The first kappa shape index (κ1) is 13.1. The van der Waals surface area contributed by atoms with Crippen LogP contribution in [0.4, 0.5) is 0 Å². The Kier molecular flexibility index (Phi) is 3.80. The number of esters is 2. The maximum atomic E-state index is 12.1. The summed E-state index contributed by atoms with van der Waals surface area (Å²) >= 11 is 0. The van der Waals surface area contributed by atoms with Gasteiger partial charge in [-0.05, 0) is 23.8 Å². The summed E-state index contributed by atoms with van der Waals surface area (Å²) in [5.74, 6) is -1.11. The number of benzene rings is 2. The lowest BCUT2D eigenvalue weighted by molar-refractivity contribution is -0.149. The molecule has 0 aliphatic rings. The number of hydrogen-bond donors (Lipinski definition) is 0. The summed E-state index contributed by atoms with van der Waals surface area (Å²) in [6.45, 7) is 1.48. The number of rotatable bonds is 3.